The van der Waals surface area contributed by atoms with Crippen molar-refractivity contribution in [3.63, 3.8) is 0 Å². The van der Waals surface area contributed by atoms with Crippen molar-refractivity contribution in [1.29, 1.82) is 0 Å². The van der Waals surface area contributed by atoms with Gasteiger partial charge in [0, 0.05) is 6.42 Å². The number of hydrogen-bond acceptors (Lipinski definition) is 6. The van der Waals surface area contributed by atoms with Gasteiger partial charge in [-0.05, 0) is 36.8 Å². The maximum Gasteiger partial charge on any atom is 0.416 e. The number of alkyl halides is 6. The van der Waals surface area contributed by atoms with Gasteiger partial charge in [-0.2, -0.15) is 26.3 Å². The molecule has 0 unspecified atom stereocenters. The van der Waals surface area contributed by atoms with Crippen molar-refractivity contribution in [3.05, 3.63) is 59.2 Å². The van der Waals surface area contributed by atoms with Crippen molar-refractivity contribution in [2.45, 2.75) is 31.2 Å². The maximum atomic E-state index is 13.6. The number of amides is 3. The van der Waals surface area contributed by atoms with Crippen LogP contribution in [-0.2, 0) is 36.3 Å². The number of Topliss-reactive ketones (excluding diaryl/α,β-unsaturated/α-hetero) is 1. The third-order valence-electron chi connectivity index (χ3n) is 5.13. The van der Waals surface area contributed by atoms with E-state index in [-0.39, 0.29) is 18.2 Å². The topological polar surface area (TPSA) is 151 Å². The zero-order chi connectivity index (χ0) is 31.8. The minimum absolute atomic E-state index is 0.175. The summed E-state index contributed by atoms with van der Waals surface area (Å²) in [7, 11) is 0. The van der Waals surface area contributed by atoms with E-state index in [2.05, 4.69) is 0 Å². The molecule has 1 atom stereocenters. The molecule has 0 aliphatic heterocycles. The Kier molecular flexibility index (Phi) is 10.9. The minimum atomic E-state index is -5.20. The molecule has 0 fully saturated rings. The Morgan fingerprint density at radius 3 is 1.90 bits per heavy atom. The van der Waals surface area contributed by atoms with Gasteiger partial charge in [0.15, 0.2) is 5.78 Å². The summed E-state index contributed by atoms with van der Waals surface area (Å²) in [6.45, 7) is -2.22. The normalized spacial score (nSPS) is 12.2. The highest BCUT2D eigenvalue weighted by Gasteiger charge is 2.37. The lowest BCUT2D eigenvalue weighted by molar-refractivity contribution is -0.143. The van der Waals surface area contributed by atoms with Crippen LogP contribution in [0.25, 0.3) is 0 Å². The average Bonchev–Trinajstić information content (AvgIpc) is 2.89. The van der Waals surface area contributed by atoms with Crippen LogP contribution in [0.2, 0.25) is 0 Å². The van der Waals surface area contributed by atoms with Crippen molar-refractivity contribution >= 4 is 35.2 Å². The number of benzene rings is 2. The fourth-order valence-corrected chi connectivity index (χ4v) is 3.12. The lowest BCUT2D eigenvalue weighted by atomic mass is 10.1. The van der Waals surface area contributed by atoms with Gasteiger partial charge in [0.05, 0.1) is 23.7 Å². The summed E-state index contributed by atoms with van der Waals surface area (Å²) in [4.78, 5) is 59.4. The summed E-state index contributed by atoms with van der Waals surface area (Å²) in [6, 6.07) is 1.06. The van der Waals surface area contributed by atoms with Crippen LogP contribution in [0.1, 0.15) is 24.0 Å². The number of ether oxygens (including phenoxy) is 1. The van der Waals surface area contributed by atoms with E-state index in [1.54, 1.807) is 10.6 Å². The highest BCUT2D eigenvalue weighted by atomic mass is 19.4. The second-order valence-electron chi connectivity index (χ2n) is 8.28. The number of halogens is 8. The molecule has 0 aliphatic rings. The van der Waals surface area contributed by atoms with E-state index < -0.39 is 108 Å². The summed E-state index contributed by atoms with van der Waals surface area (Å²) < 4.78 is 110. The van der Waals surface area contributed by atoms with Crippen molar-refractivity contribution < 1.29 is 68.9 Å². The predicted octanol–water partition coefficient (Wildman–Crippen LogP) is 3.05. The van der Waals surface area contributed by atoms with Gasteiger partial charge < -0.3 is 25.8 Å². The Morgan fingerprint density at radius 2 is 1.40 bits per heavy atom. The number of aliphatic carboxylic acids is 1. The smallest absolute Gasteiger partial charge is 0.416 e. The Balaban J connectivity index is 2.06. The van der Waals surface area contributed by atoms with Gasteiger partial charge in [0.2, 0.25) is 5.91 Å². The molecule has 0 spiro atoms. The molecular formula is C24H19F8N3O7. The van der Waals surface area contributed by atoms with Crippen LogP contribution < -0.4 is 20.7 Å². The summed E-state index contributed by atoms with van der Waals surface area (Å²) in [5.41, 5.74) is -4.41. The second kappa shape index (κ2) is 13.7. The lowest BCUT2D eigenvalue weighted by Crippen LogP contribution is -2.48. The van der Waals surface area contributed by atoms with Gasteiger partial charge in [-0.15, -0.1) is 0 Å². The first-order chi connectivity index (χ1) is 19.4. The van der Waals surface area contributed by atoms with Crippen LogP contribution in [0.4, 0.5) is 40.8 Å². The molecule has 10 nitrogen and oxygen atoms in total. The highest BCUT2D eigenvalue weighted by molar-refractivity contribution is 6.39. The number of hydrogen-bond donors (Lipinski definition) is 4. The molecule has 0 heterocycles. The number of carbonyl (C=O) groups excluding carboxylic acids is 4. The molecular weight excluding hydrogens is 594 g/mol. The first-order valence-electron chi connectivity index (χ1n) is 11.4. The number of carbonyl (C=O) groups is 5. The van der Waals surface area contributed by atoms with E-state index in [4.69, 9.17) is 9.84 Å². The minimum Gasteiger partial charge on any atom is -0.486 e. The van der Waals surface area contributed by atoms with E-state index >= 15 is 0 Å². The molecule has 0 saturated heterocycles. The van der Waals surface area contributed by atoms with E-state index in [0.29, 0.717) is 0 Å². The molecule has 2 aromatic carbocycles. The number of rotatable bonds is 11. The fraction of sp³-hybridized carbons (Fsp3) is 0.292. The van der Waals surface area contributed by atoms with Crippen LogP contribution in [0.3, 0.4) is 0 Å². The predicted molar refractivity (Wildman–Crippen MR) is 124 cm³/mol. The van der Waals surface area contributed by atoms with Crippen LogP contribution in [-0.4, -0.2) is 53.8 Å². The summed E-state index contributed by atoms with van der Waals surface area (Å²) >= 11 is 0. The van der Waals surface area contributed by atoms with Gasteiger partial charge in [-0.25, -0.2) is 8.78 Å². The number of anilines is 1. The van der Waals surface area contributed by atoms with Crippen molar-refractivity contribution in [2.75, 3.05) is 18.5 Å². The van der Waals surface area contributed by atoms with Crippen LogP contribution in [0, 0.1) is 11.6 Å². The van der Waals surface area contributed by atoms with Crippen molar-refractivity contribution in [2.24, 2.45) is 0 Å². The quantitative estimate of drug-likeness (QED) is 0.225. The van der Waals surface area contributed by atoms with Gasteiger partial charge in [-0.3, -0.25) is 24.0 Å². The summed E-state index contributed by atoms with van der Waals surface area (Å²) in [5.74, 6) is -10.4. The number of ketones is 1. The standard InChI is InChI=1S/C24H19F8N3O7/c25-14-2-1-3-15(26)20(14)35-22(41)21(40)33-9-18(37)34-16(4-5-19(38)39)17(36)10-42-13-7-11(23(27,28)29)6-12(8-13)24(30,31)32/h1-3,6-8,16H,4-5,9-10H2,(H,33,40)(H,34,37)(H,35,41)(H,38,39)/t16-/m0/s1. The van der Waals surface area contributed by atoms with E-state index in [9.17, 15) is 59.1 Å². The highest BCUT2D eigenvalue weighted by Crippen LogP contribution is 2.38. The molecule has 0 saturated carbocycles. The van der Waals surface area contributed by atoms with E-state index in [1.807, 2.05) is 5.32 Å². The number of carboxylic acid groups (broad SMARTS) is 1. The van der Waals surface area contributed by atoms with Gasteiger partial charge in [-0.1, -0.05) is 6.07 Å². The van der Waals surface area contributed by atoms with Crippen LogP contribution in [0.5, 0.6) is 5.75 Å². The summed E-state index contributed by atoms with van der Waals surface area (Å²) in [6.07, 6.45) is -11.7. The molecule has 228 valence electrons. The molecule has 4 N–H and O–H groups in total. The Morgan fingerprint density at radius 1 is 0.857 bits per heavy atom. The first-order valence-corrected chi connectivity index (χ1v) is 11.4. The lowest BCUT2D eigenvalue weighted by Gasteiger charge is -2.18. The van der Waals surface area contributed by atoms with Crippen LogP contribution >= 0.6 is 0 Å². The summed E-state index contributed by atoms with van der Waals surface area (Å²) in [5, 5.41) is 14.3. The molecule has 0 aliphatic carbocycles. The molecule has 0 bridgehead atoms. The number of nitrogens with one attached hydrogen (secondary N) is 3. The Hall–Kier alpha value is -4.77. The number of carboxylic acids is 1. The fourth-order valence-electron chi connectivity index (χ4n) is 3.12. The SMILES string of the molecule is O=C(O)CC[C@H](NC(=O)CNC(=O)C(=O)Nc1c(F)cccc1F)C(=O)COc1cc(C(F)(F)F)cc(C(F)(F)F)c1. The third-order valence-corrected chi connectivity index (χ3v) is 5.13. The first kappa shape index (κ1) is 33.4. The molecule has 2 rings (SSSR count). The monoisotopic (exact) mass is 613 g/mol. The second-order valence-corrected chi connectivity index (χ2v) is 8.28. The zero-order valence-corrected chi connectivity index (χ0v) is 20.8. The molecule has 0 aromatic heterocycles. The van der Waals surface area contributed by atoms with E-state index in [0.717, 1.165) is 18.2 Å². The molecule has 0 radical (unpaired) electrons. The van der Waals surface area contributed by atoms with Crippen molar-refractivity contribution in [1.82, 2.24) is 10.6 Å². The van der Waals surface area contributed by atoms with Gasteiger partial charge in [0.1, 0.15) is 29.7 Å². The third kappa shape index (κ3) is 10.0. The molecule has 2 aromatic rings. The average molecular weight is 613 g/mol. The molecule has 42 heavy (non-hydrogen) atoms. The van der Waals surface area contributed by atoms with Crippen molar-refractivity contribution in [3.8, 4) is 5.75 Å². The van der Waals surface area contributed by atoms with Crippen LogP contribution in [0.15, 0.2) is 36.4 Å². The molecule has 3 amide bonds. The van der Waals surface area contributed by atoms with Gasteiger partial charge in [0.25, 0.3) is 0 Å². The van der Waals surface area contributed by atoms with Gasteiger partial charge >= 0.3 is 30.1 Å². The Bertz CT molecular complexity index is 1310. The molecule has 18 heteroatoms. The largest absolute Gasteiger partial charge is 0.486 e. The number of para-hydroxylation sites is 1. The zero-order valence-electron chi connectivity index (χ0n) is 20.8. The maximum absolute atomic E-state index is 13.6. The Labute approximate surface area is 230 Å². The van der Waals surface area contributed by atoms with E-state index in [1.165, 1.54) is 0 Å².